The molecule has 1 N–H and O–H groups in total. The summed E-state index contributed by atoms with van der Waals surface area (Å²) in [6, 6.07) is 0.460. The van der Waals surface area contributed by atoms with E-state index in [0.717, 1.165) is 51.8 Å². The van der Waals surface area contributed by atoms with Crippen molar-refractivity contribution >= 4 is 0 Å². The van der Waals surface area contributed by atoms with E-state index in [1.54, 1.807) is 0 Å². The van der Waals surface area contributed by atoms with Crippen LogP contribution in [0, 0.1) is 40.4 Å². The molecule has 32 heavy (non-hydrogen) atoms. The van der Waals surface area contributed by atoms with Crippen LogP contribution in [0.15, 0.2) is 0 Å². The van der Waals surface area contributed by atoms with Crippen molar-refractivity contribution in [3.05, 3.63) is 0 Å². The topological polar surface area (TPSA) is 60.4 Å². The Bertz CT molecular complexity index is 750. The number of piperidine rings is 1. The van der Waals surface area contributed by atoms with Crippen molar-refractivity contribution in [3.63, 3.8) is 0 Å². The van der Waals surface area contributed by atoms with E-state index < -0.39 is 0 Å². The summed E-state index contributed by atoms with van der Waals surface area (Å²) in [7, 11) is 5.71. The van der Waals surface area contributed by atoms with Gasteiger partial charge in [0.2, 0.25) is 0 Å². The average molecular weight is 450 g/mol. The normalized spacial score (nSPS) is 57.8. The van der Waals surface area contributed by atoms with Gasteiger partial charge >= 0.3 is 0 Å². The molecule has 1 aliphatic heterocycles. The van der Waals surface area contributed by atoms with E-state index in [0.29, 0.717) is 42.2 Å². The molecule has 0 amide bonds. The summed E-state index contributed by atoms with van der Waals surface area (Å²) in [6.45, 7) is 7.53. The highest BCUT2D eigenvalue weighted by atomic mass is 16.5. The fraction of sp³-hybridized carbons (Fsp3) is 1.00. The molecule has 1 heterocycles. The van der Waals surface area contributed by atoms with Crippen molar-refractivity contribution in [1.82, 2.24) is 4.90 Å². The molecule has 5 aliphatic carbocycles. The Morgan fingerprint density at radius 2 is 1.84 bits per heavy atom. The fourth-order valence-corrected chi connectivity index (χ4v) is 11.2. The lowest BCUT2D eigenvalue weighted by Gasteiger charge is -2.70. The molecule has 0 radical (unpaired) electrons. The number of rotatable bonds is 7. The minimum absolute atomic E-state index is 0.0103. The van der Waals surface area contributed by atoms with Crippen LogP contribution in [0.2, 0.25) is 0 Å². The number of likely N-dealkylation sites (tertiary alicyclic amines) is 1. The van der Waals surface area contributed by atoms with Gasteiger partial charge in [0, 0.05) is 75.5 Å². The van der Waals surface area contributed by atoms with Gasteiger partial charge in [0.1, 0.15) is 0 Å². The number of ether oxygens (including phenoxy) is 4. The van der Waals surface area contributed by atoms with Gasteiger partial charge in [0.25, 0.3) is 0 Å². The van der Waals surface area contributed by atoms with Crippen molar-refractivity contribution in [2.24, 2.45) is 40.4 Å². The molecule has 0 aromatic heterocycles. The molecular weight excluding hydrogens is 406 g/mol. The van der Waals surface area contributed by atoms with E-state index >= 15 is 0 Å². The highest BCUT2D eigenvalue weighted by Crippen LogP contribution is 2.79. The molecule has 1 spiro atoms. The number of hydrogen-bond acceptors (Lipinski definition) is 6. The van der Waals surface area contributed by atoms with Crippen molar-refractivity contribution in [2.45, 2.75) is 75.9 Å². The molecule has 6 rings (SSSR count). The second-order valence-corrected chi connectivity index (χ2v) is 11.8. The second kappa shape index (κ2) is 7.38. The fourth-order valence-electron chi connectivity index (χ4n) is 11.2. The van der Waals surface area contributed by atoms with Crippen molar-refractivity contribution < 1.29 is 24.1 Å². The highest BCUT2D eigenvalue weighted by Gasteiger charge is 2.84. The lowest BCUT2D eigenvalue weighted by atomic mass is 9.43. The third-order valence-electron chi connectivity index (χ3n) is 11.7. The summed E-state index contributed by atoms with van der Waals surface area (Å²) in [6.07, 6.45) is 6.01. The zero-order chi connectivity index (χ0) is 22.5. The Morgan fingerprint density at radius 1 is 1.03 bits per heavy atom. The summed E-state index contributed by atoms with van der Waals surface area (Å²) in [5.74, 6) is 2.23. The Balaban J connectivity index is 1.61. The maximum atomic E-state index is 10.9. The molecule has 6 aliphatic rings. The van der Waals surface area contributed by atoms with E-state index in [1.807, 2.05) is 21.3 Å². The van der Waals surface area contributed by atoms with Crippen LogP contribution in [0.5, 0.6) is 0 Å². The molecule has 182 valence electrons. The molecule has 4 unspecified atom stereocenters. The lowest BCUT2D eigenvalue weighted by molar-refractivity contribution is -0.286. The number of aliphatic hydroxyl groups excluding tert-OH is 1. The number of nitrogens with zero attached hydrogens (tertiary/aromatic N) is 1. The number of hydrogen-bond donors (Lipinski definition) is 1. The van der Waals surface area contributed by atoms with E-state index in [2.05, 4.69) is 18.7 Å². The summed E-state index contributed by atoms with van der Waals surface area (Å²) < 4.78 is 25.8. The van der Waals surface area contributed by atoms with E-state index in [9.17, 15) is 5.11 Å². The first-order chi connectivity index (χ1) is 15.5. The largest absolute Gasteiger partial charge is 0.396 e. The molecule has 6 heteroatoms. The molecule has 6 fully saturated rings. The third kappa shape index (κ3) is 2.24. The predicted molar refractivity (Wildman–Crippen MR) is 120 cm³/mol. The number of methoxy groups -OCH3 is 3. The average Bonchev–Trinajstić information content (AvgIpc) is 3.27. The van der Waals surface area contributed by atoms with Gasteiger partial charge in [-0.1, -0.05) is 6.92 Å². The van der Waals surface area contributed by atoms with Crippen LogP contribution in [0.1, 0.15) is 46.0 Å². The van der Waals surface area contributed by atoms with E-state index in [-0.39, 0.29) is 34.7 Å². The Kier molecular flexibility index (Phi) is 5.13. The molecule has 0 aromatic carbocycles. The Hall–Kier alpha value is -0.240. The Morgan fingerprint density at radius 3 is 2.47 bits per heavy atom. The van der Waals surface area contributed by atoms with Gasteiger partial charge in [0.15, 0.2) is 0 Å². The van der Waals surface area contributed by atoms with Gasteiger partial charge in [-0.2, -0.15) is 0 Å². The van der Waals surface area contributed by atoms with Crippen LogP contribution in [-0.2, 0) is 18.9 Å². The minimum Gasteiger partial charge on any atom is -0.396 e. The van der Waals surface area contributed by atoms with Crippen molar-refractivity contribution in [2.75, 3.05) is 47.6 Å². The Labute approximate surface area is 193 Å². The maximum absolute atomic E-state index is 10.9. The van der Waals surface area contributed by atoms with Gasteiger partial charge in [-0.25, -0.2) is 0 Å². The van der Waals surface area contributed by atoms with Crippen LogP contribution < -0.4 is 0 Å². The van der Waals surface area contributed by atoms with Crippen LogP contribution in [-0.4, -0.2) is 87.6 Å². The second-order valence-electron chi connectivity index (χ2n) is 11.8. The smallest absolute Gasteiger partial charge is 0.0806 e. The molecule has 1 saturated heterocycles. The molecule has 7 bridgehead atoms. The van der Waals surface area contributed by atoms with Crippen LogP contribution in [0.25, 0.3) is 0 Å². The third-order valence-corrected chi connectivity index (χ3v) is 11.7. The maximum Gasteiger partial charge on any atom is 0.0806 e. The van der Waals surface area contributed by atoms with Gasteiger partial charge in [-0.05, 0) is 51.0 Å². The quantitative estimate of drug-likeness (QED) is 0.645. The molecule has 0 aromatic rings. The summed E-state index contributed by atoms with van der Waals surface area (Å²) in [5, 5.41) is 10.9. The lowest BCUT2D eigenvalue weighted by Crippen LogP contribution is -2.76. The monoisotopic (exact) mass is 449 g/mol. The van der Waals surface area contributed by atoms with E-state index in [1.165, 1.54) is 0 Å². The van der Waals surface area contributed by atoms with Crippen LogP contribution in [0.4, 0.5) is 0 Å². The first-order valence-electron chi connectivity index (χ1n) is 13.1. The highest BCUT2D eigenvalue weighted by molar-refractivity contribution is 5.33. The van der Waals surface area contributed by atoms with Crippen molar-refractivity contribution in [1.29, 1.82) is 0 Å². The van der Waals surface area contributed by atoms with Crippen molar-refractivity contribution in [3.8, 4) is 0 Å². The number of aliphatic hydroxyl groups is 1. The SMILES string of the molecule is CCO[C@]12C[C@H](OC)[C@H]3CC(C1[C@H]3OC)[C@]13C4CC2[C@H]1N(CC)C[C@]4(CO)CC[C@@H]3OC. The molecule has 5 saturated carbocycles. The van der Waals surface area contributed by atoms with Crippen LogP contribution in [0.3, 0.4) is 0 Å². The summed E-state index contributed by atoms with van der Waals surface area (Å²) in [5.41, 5.74) is -0.143. The first kappa shape index (κ1) is 22.2. The van der Waals surface area contributed by atoms with Gasteiger partial charge in [-0.15, -0.1) is 0 Å². The standard InChI is InChI=1S/C26H43NO5/c1-6-27-13-24(14-28)9-8-20(30-4)26-16-10-15-18(29-3)12-25(32-7-2,21(16)22(15)31-5)17(23(26)27)11-19(24)26/h15-23,28H,6-14H2,1-5H3/t15-,16?,17?,18+,19?,20+,21?,22+,23-,24+,25+,26-/m1/s1. The minimum atomic E-state index is -0.210. The van der Waals surface area contributed by atoms with Gasteiger partial charge in [0.05, 0.1) is 30.5 Å². The first-order valence-corrected chi connectivity index (χ1v) is 13.1. The number of fused-ring (bicyclic) bond motifs is 2. The van der Waals surface area contributed by atoms with Gasteiger partial charge < -0.3 is 24.1 Å². The summed E-state index contributed by atoms with van der Waals surface area (Å²) >= 11 is 0. The van der Waals surface area contributed by atoms with E-state index in [4.69, 9.17) is 18.9 Å². The van der Waals surface area contributed by atoms with Gasteiger partial charge in [-0.3, -0.25) is 4.90 Å². The van der Waals surface area contributed by atoms with Crippen LogP contribution >= 0.6 is 0 Å². The molecule has 12 atom stereocenters. The molecule has 6 nitrogen and oxygen atoms in total. The zero-order valence-corrected chi connectivity index (χ0v) is 20.6. The predicted octanol–water partition coefficient (Wildman–Crippen LogP) is 2.58. The summed E-state index contributed by atoms with van der Waals surface area (Å²) in [4.78, 5) is 2.74. The molecular formula is C26H43NO5. The zero-order valence-electron chi connectivity index (χ0n) is 20.6.